The van der Waals surface area contributed by atoms with Crippen molar-refractivity contribution in [3.8, 4) is 0 Å². The Bertz CT molecular complexity index is 733. The van der Waals surface area contributed by atoms with E-state index in [9.17, 15) is 9.59 Å². The molecular formula is C13H11Cl2N3O3S. The molecule has 0 aliphatic rings. The predicted octanol–water partition coefficient (Wildman–Crippen LogP) is 3.58. The molecule has 0 spiro atoms. The van der Waals surface area contributed by atoms with E-state index in [4.69, 9.17) is 27.9 Å². The van der Waals surface area contributed by atoms with Crippen molar-refractivity contribution in [3.63, 3.8) is 0 Å². The number of carbonyl (C=O) groups is 2. The minimum absolute atomic E-state index is 0.0142. The molecule has 0 atom stereocenters. The molecule has 9 heteroatoms. The first kappa shape index (κ1) is 16.7. The number of nitrogens with one attached hydrogen (secondary N) is 1. The van der Waals surface area contributed by atoms with Crippen LogP contribution >= 0.6 is 34.5 Å². The van der Waals surface area contributed by atoms with E-state index in [0.717, 1.165) is 11.3 Å². The summed E-state index contributed by atoms with van der Waals surface area (Å²) in [5.41, 5.74) is 0.462. The van der Waals surface area contributed by atoms with Crippen molar-refractivity contribution in [1.82, 2.24) is 9.97 Å². The van der Waals surface area contributed by atoms with Gasteiger partial charge in [0.05, 0.1) is 17.3 Å². The topological polar surface area (TPSA) is 81.2 Å². The Morgan fingerprint density at radius 2 is 2.05 bits per heavy atom. The van der Waals surface area contributed by atoms with Crippen LogP contribution in [0.4, 0.5) is 5.13 Å². The van der Waals surface area contributed by atoms with Gasteiger partial charge in [0, 0.05) is 0 Å². The SMILES string of the molecule is CCOC(=O)c1sc(NC(=O)c2nc(Cl)ccc2Cl)nc1C. The van der Waals surface area contributed by atoms with Gasteiger partial charge in [-0.2, -0.15) is 0 Å². The summed E-state index contributed by atoms with van der Waals surface area (Å²) in [6.07, 6.45) is 0. The summed E-state index contributed by atoms with van der Waals surface area (Å²) in [5.74, 6) is -1.03. The molecular weight excluding hydrogens is 349 g/mol. The van der Waals surface area contributed by atoms with Crippen molar-refractivity contribution in [3.05, 3.63) is 38.6 Å². The van der Waals surface area contributed by atoms with Crippen LogP contribution < -0.4 is 5.32 Å². The summed E-state index contributed by atoms with van der Waals surface area (Å²) in [6.45, 7) is 3.63. The number of carbonyl (C=O) groups excluding carboxylic acids is 2. The molecule has 0 unspecified atom stereocenters. The number of nitrogens with zero attached hydrogens (tertiary/aromatic N) is 2. The van der Waals surface area contributed by atoms with Gasteiger partial charge in [0.15, 0.2) is 5.13 Å². The molecule has 0 bridgehead atoms. The predicted molar refractivity (Wildman–Crippen MR) is 85.0 cm³/mol. The fourth-order valence-electron chi connectivity index (χ4n) is 1.57. The molecule has 2 heterocycles. The average molecular weight is 360 g/mol. The fourth-order valence-corrected chi connectivity index (χ4v) is 2.76. The normalized spacial score (nSPS) is 10.4. The minimum Gasteiger partial charge on any atom is -0.462 e. The van der Waals surface area contributed by atoms with Gasteiger partial charge in [-0.3, -0.25) is 10.1 Å². The van der Waals surface area contributed by atoms with E-state index in [1.165, 1.54) is 12.1 Å². The van der Waals surface area contributed by atoms with Gasteiger partial charge in [-0.1, -0.05) is 34.5 Å². The zero-order valence-electron chi connectivity index (χ0n) is 11.6. The summed E-state index contributed by atoms with van der Waals surface area (Å²) in [6, 6.07) is 2.95. The van der Waals surface area contributed by atoms with Crippen LogP contribution in [0.15, 0.2) is 12.1 Å². The quantitative estimate of drug-likeness (QED) is 0.666. The molecule has 0 saturated carbocycles. The lowest BCUT2D eigenvalue weighted by Crippen LogP contribution is -2.14. The summed E-state index contributed by atoms with van der Waals surface area (Å²) in [4.78, 5) is 32.2. The van der Waals surface area contributed by atoms with Crippen molar-refractivity contribution in [1.29, 1.82) is 0 Å². The van der Waals surface area contributed by atoms with Crippen molar-refractivity contribution in [2.24, 2.45) is 0 Å². The van der Waals surface area contributed by atoms with E-state index in [2.05, 4.69) is 15.3 Å². The number of anilines is 1. The number of pyridine rings is 1. The molecule has 0 aromatic carbocycles. The van der Waals surface area contributed by atoms with Crippen LogP contribution in [-0.2, 0) is 4.74 Å². The summed E-state index contributed by atoms with van der Waals surface area (Å²) in [5, 5.41) is 3.11. The van der Waals surface area contributed by atoms with Crippen LogP contribution in [0.1, 0.15) is 32.8 Å². The standard InChI is InChI=1S/C13H11Cl2N3O3S/c1-3-21-12(20)10-6(2)16-13(22-10)18-11(19)9-7(14)4-5-8(15)17-9/h4-5H,3H2,1-2H3,(H,16,18,19). The second kappa shape index (κ2) is 7.04. The number of aromatic nitrogens is 2. The largest absolute Gasteiger partial charge is 0.462 e. The van der Waals surface area contributed by atoms with Crippen LogP contribution in [0.5, 0.6) is 0 Å². The van der Waals surface area contributed by atoms with Crippen molar-refractivity contribution in [2.45, 2.75) is 13.8 Å². The lowest BCUT2D eigenvalue weighted by atomic mass is 10.3. The molecule has 22 heavy (non-hydrogen) atoms. The maximum atomic E-state index is 12.1. The zero-order valence-corrected chi connectivity index (χ0v) is 14.0. The lowest BCUT2D eigenvalue weighted by Gasteiger charge is -2.03. The average Bonchev–Trinajstić information content (AvgIpc) is 2.82. The van der Waals surface area contributed by atoms with E-state index in [1.807, 2.05) is 0 Å². The minimum atomic E-state index is -0.559. The van der Waals surface area contributed by atoms with Gasteiger partial charge in [-0.15, -0.1) is 0 Å². The first-order chi connectivity index (χ1) is 10.4. The Morgan fingerprint density at radius 3 is 2.73 bits per heavy atom. The maximum Gasteiger partial charge on any atom is 0.350 e. The molecule has 116 valence electrons. The number of ether oxygens (including phenoxy) is 1. The lowest BCUT2D eigenvalue weighted by molar-refractivity contribution is 0.0531. The summed E-state index contributed by atoms with van der Waals surface area (Å²) >= 11 is 12.7. The third-order valence-electron chi connectivity index (χ3n) is 2.50. The Balaban J connectivity index is 2.20. The van der Waals surface area contributed by atoms with Crippen molar-refractivity contribution < 1.29 is 14.3 Å². The monoisotopic (exact) mass is 359 g/mol. The zero-order chi connectivity index (χ0) is 16.3. The summed E-state index contributed by atoms with van der Waals surface area (Å²) in [7, 11) is 0. The highest BCUT2D eigenvalue weighted by Gasteiger charge is 2.19. The van der Waals surface area contributed by atoms with Gasteiger partial charge in [0.2, 0.25) is 0 Å². The highest BCUT2D eigenvalue weighted by molar-refractivity contribution is 7.17. The second-order valence-corrected chi connectivity index (χ2v) is 5.87. The Morgan fingerprint density at radius 1 is 1.32 bits per heavy atom. The molecule has 2 aromatic heterocycles. The van der Waals surface area contributed by atoms with Crippen LogP contribution in [0.2, 0.25) is 10.2 Å². The third kappa shape index (κ3) is 3.73. The molecule has 0 radical (unpaired) electrons. The number of halogens is 2. The van der Waals surface area contributed by atoms with Gasteiger partial charge < -0.3 is 4.74 Å². The first-order valence-corrected chi connectivity index (χ1v) is 7.77. The Hall–Kier alpha value is -1.70. The van der Waals surface area contributed by atoms with Crippen LogP contribution in [0.3, 0.4) is 0 Å². The molecule has 6 nitrogen and oxygen atoms in total. The highest BCUT2D eigenvalue weighted by Crippen LogP contribution is 2.25. The van der Waals surface area contributed by atoms with Crippen LogP contribution in [0, 0.1) is 6.92 Å². The first-order valence-electron chi connectivity index (χ1n) is 6.20. The summed E-state index contributed by atoms with van der Waals surface area (Å²) < 4.78 is 4.91. The maximum absolute atomic E-state index is 12.1. The number of hydrogen-bond donors (Lipinski definition) is 1. The van der Waals surface area contributed by atoms with Gasteiger partial charge in [-0.25, -0.2) is 14.8 Å². The number of rotatable bonds is 4. The Kier molecular flexibility index (Phi) is 5.33. The molecule has 2 aromatic rings. The highest BCUT2D eigenvalue weighted by atomic mass is 35.5. The van der Waals surface area contributed by atoms with Gasteiger partial charge >= 0.3 is 5.97 Å². The van der Waals surface area contributed by atoms with Gasteiger partial charge in [0.25, 0.3) is 5.91 Å². The van der Waals surface area contributed by atoms with E-state index in [0.29, 0.717) is 10.6 Å². The van der Waals surface area contributed by atoms with Gasteiger partial charge in [-0.05, 0) is 26.0 Å². The molecule has 1 N–H and O–H groups in total. The van der Waals surface area contributed by atoms with E-state index in [1.54, 1.807) is 13.8 Å². The molecule has 1 amide bonds. The van der Waals surface area contributed by atoms with Crippen molar-refractivity contribution in [2.75, 3.05) is 11.9 Å². The van der Waals surface area contributed by atoms with Crippen LogP contribution in [-0.4, -0.2) is 28.5 Å². The second-order valence-electron chi connectivity index (χ2n) is 4.07. The number of thiazole rings is 1. The number of hydrogen-bond acceptors (Lipinski definition) is 6. The Labute approximate surface area is 140 Å². The molecule has 0 saturated heterocycles. The van der Waals surface area contributed by atoms with Gasteiger partial charge in [0.1, 0.15) is 15.7 Å². The third-order valence-corrected chi connectivity index (χ3v) is 4.07. The van der Waals surface area contributed by atoms with E-state index < -0.39 is 11.9 Å². The number of amides is 1. The fraction of sp³-hybridized carbons (Fsp3) is 0.231. The van der Waals surface area contributed by atoms with E-state index >= 15 is 0 Å². The van der Waals surface area contributed by atoms with Crippen molar-refractivity contribution >= 4 is 51.5 Å². The smallest absolute Gasteiger partial charge is 0.350 e. The number of aryl methyl sites for hydroxylation is 1. The molecule has 0 aliphatic carbocycles. The molecule has 0 aliphatic heterocycles. The molecule has 0 fully saturated rings. The molecule has 2 rings (SSSR count). The van der Waals surface area contributed by atoms with E-state index in [-0.39, 0.29) is 27.6 Å². The van der Waals surface area contributed by atoms with Crippen LogP contribution in [0.25, 0.3) is 0 Å². The number of esters is 1.